The molecule has 0 aromatic heterocycles. The van der Waals surface area contributed by atoms with Gasteiger partial charge in [0.05, 0.1) is 25.2 Å². The molecule has 0 spiro atoms. The third kappa shape index (κ3) is 5.02. The lowest BCUT2D eigenvalue weighted by atomic mass is 9.76. The van der Waals surface area contributed by atoms with Gasteiger partial charge in [0.1, 0.15) is 18.0 Å². The van der Waals surface area contributed by atoms with Crippen molar-refractivity contribution in [1.82, 2.24) is 10.2 Å². The summed E-state index contributed by atoms with van der Waals surface area (Å²) in [5.74, 6) is 0.0127. The van der Waals surface area contributed by atoms with Crippen molar-refractivity contribution >= 4 is 11.8 Å². The Labute approximate surface area is 183 Å². The van der Waals surface area contributed by atoms with Crippen molar-refractivity contribution in [2.45, 2.75) is 57.3 Å². The van der Waals surface area contributed by atoms with Crippen LogP contribution in [0, 0.1) is 5.92 Å². The summed E-state index contributed by atoms with van der Waals surface area (Å²) in [5.41, 5.74) is 1.39. The van der Waals surface area contributed by atoms with Gasteiger partial charge in [0.2, 0.25) is 11.8 Å². The van der Waals surface area contributed by atoms with Crippen LogP contribution in [0.3, 0.4) is 0 Å². The van der Waals surface area contributed by atoms with Crippen LogP contribution in [-0.2, 0) is 19.1 Å². The molecule has 172 valence electrons. The van der Waals surface area contributed by atoms with Gasteiger partial charge in [0.15, 0.2) is 0 Å². The van der Waals surface area contributed by atoms with E-state index in [1.54, 1.807) is 18.1 Å². The first-order valence-corrected chi connectivity index (χ1v) is 11.2. The molecule has 0 fully saturated rings. The molecular formula is C23H34N2O6. The van der Waals surface area contributed by atoms with Gasteiger partial charge in [0.25, 0.3) is 0 Å². The van der Waals surface area contributed by atoms with Crippen LogP contribution in [-0.4, -0.2) is 78.6 Å². The number of aliphatic hydroxyl groups excluding tert-OH is 2. The van der Waals surface area contributed by atoms with Gasteiger partial charge in [-0.2, -0.15) is 0 Å². The molecule has 0 aromatic rings. The molecule has 3 rings (SSSR count). The summed E-state index contributed by atoms with van der Waals surface area (Å²) in [4.78, 5) is 27.6. The average Bonchev–Trinajstić information content (AvgIpc) is 3.17. The molecule has 1 aliphatic heterocycles. The third-order valence-electron chi connectivity index (χ3n) is 6.09. The summed E-state index contributed by atoms with van der Waals surface area (Å²) in [6.07, 6.45) is 7.70. The van der Waals surface area contributed by atoms with Crippen LogP contribution >= 0.6 is 0 Å². The summed E-state index contributed by atoms with van der Waals surface area (Å²) in [7, 11) is 1.57. The molecular weight excluding hydrogens is 400 g/mol. The summed E-state index contributed by atoms with van der Waals surface area (Å²) in [5, 5.41) is 23.1. The number of hydrogen-bond acceptors (Lipinski definition) is 6. The number of allylic oxidation sites excluding steroid dienone is 3. The van der Waals surface area contributed by atoms with E-state index in [2.05, 4.69) is 5.32 Å². The molecule has 0 unspecified atom stereocenters. The second-order valence-electron chi connectivity index (χ2n) is 8.15. The SMILES string of the molecule is CCCCC(=O)N(CCOC)[C@@H]1C=C(C(=O)NCCO)[C@@H]2C3=C(CCC=C3)O[C@@H]2[C@H]1O. The Balaban J connectivity index is 1.96. The molecule has 0 aromatic carbocycles. The smallest absolute Gasteiger partial charge is 0.247 e. The van der Waals surface area contributed by atoms with Crippen LogP contribution < -0.4 is 5.32 Å². The first-order valence-electron chi connectivity index (χ1n) is 11.2. The number of nitrogens with zero attached hydrogens (tertiary/aromatic N) is 1. The van der Waals surface area contributed by atoms with Crippen LogP contribution in [0.1, 0.15) is 39.0 Å². The van der Waals surface area contributed by atoms with Crippen molar-refractivity contribution < 1.29 is 29.3 Å². The van der Waals surface area contributed by atoms with E-state index in [-0.39, 0.29) is 25.0 Å². The van der Waals surface area contributed by atoms with E-state index in [4.69, 9.17) is 14.6 Å². The van der Waals surface area contributed by atoms with Crippen LogP contribution in [0.5, 0.6) is 0 Å². The first-order chi connectivity index (χ1) is 15.0. The number of fused-ring (bicyclic) bond motifs is 2. The molecule has 0 radical (unpaired) electrons. The maximum absolute atomic E-state index is 13.0. The molecule has 2 aliphatic carbocycles. The van der Waals surface area contributed by atoms with Gasteiger partial charge >= 0.3 is 0 Å². The topological polar surface area (TPSA) is 108 Å². The number of methoxy groups -OCH3 is 1. The largest absolute Gasteiger partial charge is 0.491 e. The van der Waals surface area contributed by atoms with E-state index in [1.807, 2.05) is 19.1 Å². The van der Waals surface area contributed by atoms with Crippen LogP contribution in [0.15, 0.2) is 35.1 Å². The van der Waals surface area contributed by atoms with E-state index < -0.39 is 24.2 Å². The number of unbranched alkanes of at least 4 members (excludes halogenated alkanes) is 1. The Hall–Kier alpha value is -2.16. The molecule has 8 heteroatoms. The highest BCUT2D eigenvalue weighted by Crippen LogP contribution is 2.45. The number of aliphatic hydroxyl groups is 2. The fourth-order valence-corrected chi connectivity index (χ4v) is 4.53. The Kier molecular flexibility index (Phi) is 8.28. The standard InChI is InChI=1S/C23H34N2O6/c1-3-4-9-19(27)25(11-13-30-2)17-14-16(23(29)24-10-12-26)20-15-7-5-6-8-18(15)31-22(20)21(17)28/h5,7,14,17,20-22,26,28H,3-4,6,8-13H2,1-2H3,(H,24,29)/t17-,20+,21+,22+/m1/s1. The predicted octanol–water partition coefficient (Wildman–Crippen LogP) is 1.05. The average molecular weight is 435 g/mol. The molecule has 4 atom stereocenters. The van der Waals surface area contributed by atoms with E-state index in [9.17, 15) is 14.7 Å². The van der Waals surface area contributed by atoms with Crippen molar-refractivity contribution in [2.24, 2.45) is 5.92 Å². The molecule has 0 saturated heterocycles. The number of carbonyl (C=O) groups excluding carboxylic acids is 2. The van der Waals surface area contributed by atoms with Crippen LogP contribution in [0.25, 0.3) is 0 Å². The maximum atomic E-state index is 13.0. The zero-order valence-electron chi connectivity index (χ0n) is 18.4. The van der Waals surface area contributed by atoms with E-state index in [1.165, 1.54) is 0 Å². The molecule has 2 amide bonds. The maximum Gasteiger partial charge on any atom is 0.247 e. The van der Waals surface area contributed by atoms with E-state index in [0.717, 1.165) is 37.0 Å². The number of nitrogens with one attached hydrogen (secondary N) is 1. The van der Waals surface area contributed by atoms with Crippen molar-refractivity contribution in [2.75, 3.05) is 33.4 Å². The zero-order chi connectivity index (χ0) is 22.4. The number of hydrogen-bond donors (Lipinski definition) is 3. The minimum atomic E-state index is -0.971. The van der Waals surface area contributed by atoms with Gasteiger partial charge in [-0.25, -0.2) is 0 Å². The predicted molar refractivity (Wildman–Crippen MR) is 115 cm³/mol. The van der Waals surface area contributed by atoms with Crippen molar-refractivity contribution in [1.29, 1.82) is 0 Å². The van der Waals surface area contributed by atoms with Gasteiger partial charge in [0, 0.05) is 44.2 Å². The lowest BCUT2D eigenvalue weighted by Crippen LogP contribution is -2.56. The van der Waals surface area contributed by atoms with Gasteiger partial charge in [-0.05, 0) is 18.9 Å². The van der Waals surface area contributed by atoms with Crippen molar-refractivity contribution in [3.8, 4) is 0 Å². The first kappa shape index (κ1) is 23.5. The Bertz CT molecular complexity index is 759. The minimum absolute atomic E-state index is 0.0802. The molecule has 1 heterocycles. The fraction of sp³-hybridized carbons (Fsp3) is 0.652. The van der Waals surface area contributed by atoms with Crippen LogP contribution in [0.4, 0.5) is 0 Å². The zero-order valence-corrected chi connectivity index (χ0v) is 18.4. The molecule has 8 nitrogen and oxygen atoms in total. The Morgan fingerprint density at radius 1 is 1.39 bits per heavy atom. The molecule has 0 saturated carbocycles. The lowest BCUT2D eigenvalue weighted by molar-refractivity contribution is -0.139. The van der Waals surface area contributed by atoms with Gasteiger partial charge < -0.3 is 29.9 Å². The third-order valence-corrected chi connectivity index (χ3v) is 6.09. The van der Waals surface area contributed by atoms with Crippen LogP contribution in [0.2, 0.25) is 0 Å². The minimum Gasteiger partial charge on any atom is -0.491 e. The second-order valence-corrected chi connectivity index (χ2v) is 8.15. The highest BCUT2D eigenvalue weighted by atomic mass is 16.5. The highest BCUT2D eigenvalue weighted by Gasteiger charge is 2.50. The van der Waals surface area contributed by atoms with Gasteiger partial charge in [-0.15, -0.1) is 0 Å². The number of ether oxygens (including phenoxy) is 2. The molecule has 3 aliphatic rings. The summed E-state index contributed by atoms with van der Waals surface area (Å²) >= 11 is 0. The van der Waals surface area contributed by atoms with E-state index in [0.29, 0.717) is 25.1 Å². The second kappa shape index (κ2) is 10.9. The number of amides is 2. The lowest BCUT2D eigenvalue weighted by Gasteiger charge is -2.41. The summed E-state index contributed by atoms with van der Waals surface area (Å²) < 4.78 is 11.3. The number of rotatable bonds is 10. The van der Waals surface area contributed by atoms with E-state index >= 15 is 0 Å². The molecule has 0 bridgehead atoms. The summed E-state index contributed by atoms with van der Waals surface area (Å²) in [6.45, 7) is 2.62. The highest BCUT2D eigenvalue weighted by molar-refractivity contribution is 5.95. The van der Waals surface area contributed by atoms with Crippen molar-refractivity contribution in [3.63, 3.8) is 0 Å². The fourth-order valence-electron chi connectivity index (χ4n) is 4.53. The van der Waals surface area contributed by atoms with Gasteiger partial charge in [-0.1, -0.05) is 25.5 Å². The normalized spacial score (nSPS) is 26.6. The Morgan fingerprint density at radius 3 is 2.90 bits per heavy atom. The molecule has 31 heavy (non-hydrogen) atoms. The van der Waals surface area contributed by atoms with Gasteiger partial charge in [-0.3, -0.25) is 9.59 Å². The molecule has 3 N–H and O–H groups in total. The Morgan fingerprint density at radius 2 is 2.19 bits per heavy atom. The summed E-state index contributed by atoms with van der Waals surface area (Å²) in [6, 6.07) is -0.694. The number of carbonyl (C=O) groups is 2. The van der Waals surface area contributed by atoms with Crippen molar-refractivity contribution in [3.05, 3.63) is 35.1 Å². The quantitative estimate of drug-likeness (QED) is 0.474. The monoisotopic (exact) mass is 434 g/mol.